The van der Waals surface area contributed by atoms with Gasteiger partial charge in [0.1, 0.15) is 34.2 Å². The van der Waals surface area contributed by atoms with E-state index in [1.165, 1.54) is 16.7 Å². The molecule has 8 rings (SSSR count). The lowest BCUT2D eigenvalue weighted by Crippen LogP contribution is -2.25. The SMILES string of the molecule is CC.CC(C)(C)OC(=O)Oc1ccc2c3c(ccc2c1)Oc1ccc2cc(OC(=O)OC(C)(C)C)ccc2c1C3c1cccc(I)c1.CC(C)c1ccc(-c2ccccc2)cc1. The van der Waals surface area contributed by atoms with Gasteiger partial charge in [-0.3, -0.25) is 0 Å². The maximum atomic E-state index is 12.4. The number of carbonyl (C=O) groups excluding carboxylic acids is 2. The van der Waals surface area contributed by atoms with Crippen molar-refractivity contribution in [3.63, 3.8) is 0 Å². The summed E-state index contributed by atoms with van der Waals surface area (Å²) in [7, 11) is 0. The number of benzene rings is 7. The molecule has 0 unspecified atom stereocenters. The molecule has 7 aromatic rings. The van der Waals surface area contributed by atoms with Gasteiger partial charge in [-0.1, -0.05) is 119 Å². The summed E-state index contributed by atoms with van der Waals surface area (Å²) in [4.78, 5) is 24.7. The minimum absolute atomic E-state index is 0.180. The molecule has 0 amide bonds. The van der Waals surface area contributed by atoms with Crippen LogP contribution in [0.3, 0.4) is 0 Å². The van der Waals surface area contributed by atoms with Crippen LogP contribution in [0.1, 0.15) is 103 Å². The highest BCUT2D eigenvalue weighted by Crippen LogP contribution is 2.52. The Bertz CT molecular complexity index is 2550. The van der Waals surface area contributed by atoms with E-state index in [0.717, 1.165) is 53.3 Å². The Morgan fingerprint density at radius 1 is 0.565 bits per heavy atom. The third-order valence-electron chi connectivity index (χ3n) is 9.83. The highest BCUT2D eigenvalue weighted by Gasteiger charge is 2.33. The van der Waals surface area contributed by atoms with Gasteiger partial charge >= 0.3 is 12.3 Å². The van der Waals surface area contributed by atoms with Gasteiger partial charge in [-0.05, 0) is 162 Å². The topological polar surface area (TPSA) is 80.3 Å². The van der Waals surface area contributed by atoms with E-state index < -0.39 is 23.5 Å². The zero-order chi connectivity index (χ0) is 44.8. The van der Waals surface area contributed by atoms with Crippen LogP contribution in [0.15, 0.2) is 140 Å². The standard InChI is InChI=1S/C37H33IO7.C15H16.C2H6/c1-36(2,3)44-34(39)41-25-12-14-27-21(19-25)10-16-29-32(27)31(23-8-7-9-24(38)18-23)33-28-15-13-26(42-35(40)45-37(4,5)6)20-22(28)11-17-30(33)43-29;1-12(2)13-8-10-15(11-9-13)14-6-4-3-5-7-14;1-2/h7-20,31H,1-6H3;3-12H,1-2H3;1-2H3. The molecule has 7 nitrogen and oxygen atoms in total. The molecule has 1 aliphatic heterocycles. The molecule has 0 spiro atoms. The maximum absolute atomic E-state index is 12.4. The van der Waals surface area contributed by atoms with Crippen LogP contribution >= 0.6 is 22.6 Å². The molecule has 0 aromatic heterocycles. The summed E-state index contributed by atoms with van der Waals surface area (Å²) in [5.74, 6) is 2.72. The second kappa shape index (κ2) is 19.5. The third-order valence-corrected chi connectivity index (χ3v) is 10.5. The molecule has 0 saturated heterocycles. The van der Waals surface area contributed by atoms with Gasteiger partial charge in [-0.2, -0.15) is 0 Å². The zero-order valence-electron chi connectivity index (χ0n) is 37.2. The molecule has 0 fully saturated rings. The van der Waals surface area contributed by atoms with Gasteiger partial charge < -0.3 is 23.7 Å². The smallest absolute Gasteiger partial charge is 0.457 e. The number of carbonyl (C=O) groups is 2. The molecular weight excluding hydrogens is 887 g/mol. The van der Waals surface area contributed by atoms with Gasteiger partial charge in [0.05, 0.1) is 0 Å². The van der Waals surface area contributed by atoms with E-state index >= 15 is 0 Å². The summed E-state index contributed by atoms with van der Waals surface area (Å²) in [6.45, 7) is 19.2. The fraction of sp³-hybridized carbons (Fsp3) is 0.259. The Morgan fingerprint density at radius 2 is 1.05 bits per heavy atom. The van der Waals surface area contributed by atoms with Gasteiger partial charge in [-0.15, -0.1) is 0 Å². The summed E-state index contributed by atoms with van der Waals surface area (Å²) < 4.78 is 29.4. The summed E-state index contributed by atoms with van der Waals surface area (Å²) in [6, 6.07) is 46.7. The molecule has 1 heterocycles. The van der Waals surface area contributed by atoms with Crippen LogP contribution < -0.4 is 14.2 Å². The highest BCUT2D eigenvalue weighted by molar-refractivity contribution is 14.1. The van der Waals surface area contributed by atoms with E-state index in [0.29, 0.717) is 17.4 Å². The third kappa shape index (κ3) is 11.3. The van der Waals surface area contributed by atoms with Crippen molar-refractivity contribution in [1.82, 2.24) is 0 Å². The van der Waals surface area contributed by atoms with E-state index in [4.69, 9.17) is 23.7 Å². The van der Waals surface area contributed by atoms with Crippen molar-refractivity contribution in [2.24, 2.45) is 0 Å². The molecule has 62 heavy (non-hydrogen) atoms. The van der Waals surface area contributed by atoms with Crippen LogP contribution in [0.5, 0.6) is 23.0 Å². The highest BCUT2D eigenvalue weighted by atomic mass is 127. The van der Waals surface area contributed by atoms with E-state index in [2.05, 4.69) is 109 Å². The van der Waals surface area contributed by atoms with E-state index in [9.17, 15) is 9.59 Å². The lowest BCUT2D eigenvalue weighted by Gasteiger charge is -2.31. The molecule has 0 saturated carbocycles. The monoisotopic (exact) mass is 942 g/mol. The molecule has 0 bridgehead atoms. The van der Waals surface area contributed by atoms with Crippen molar-refractivity contribution in [1.29, 1.82) is 0 Å². The first kappa shape index (κ1) is 45.7. The minimum Gasteiger partial charge on any atom is -0.457 e. The Labute approximate surface area is 379 Å². The first-order valence-electron chi connectivity index (χ1n) is 21.0. The molecular formula is C54H55IO7. The molecule has 320 valence electrons. The van der Waals surface area contributed by atoms with Crippen molar-refractivity contribution >= 4 is 56.4 Å². The van der Waals surface area contributed by atoms with Gasteiger partial charge in [0.15, 0.2) is 0 Å². The average molecular weight is 943 g/mol. The van der Waals surface area contributed by atoms with Crippen LogP contribution in [0, 0.1) is 3.57 Å². The molecule has 0 radical (unpaired) electrons. The summed E-state index contributed by atoms with van der Waals surface area (Å²) in [6.07, 6.45) is -1.51. The average Bonchev–Trinajstić information content (AvgIpc) is 3.22. The van der Waals surface area contributed by atoms with Gasteiger partial charge in [0, 0.05) is 20.6 Å². The van der Waals surface area contributed by atoms with Gasteiger partial charge in [0.2, 0.25) is 0 Å². The Morgan fingerprint density at radius 3 is 1.50 bits per heavy atom. The second-order valence-corrected chi connectivity index (χ2v) is 18.3. The largest absolute Gasteiger partial charge is 0.514 e. The van der Waals surface area contributed by atoms with Crippen molar-refractivity contribution < 1.29 is 33.3 Å². The first-order valence-corrected chi connectivity index (χ1v) is 22.1. The number of fused-ring (bicyclic) bond motifs is 6. The Hall–Kier alpha value is -5.87. The molecule has 0 aliphatic carbocycles. The van der Waals surface area contributed by atoms with Crippen molar-refractivity contribution in [3.05, 3.63) is 165 Å². The molecule has 0 N–H and O–H groups in total. The van der Waals surface area contributed by atoms with Crippen LogP contribution in [0.2, 0.25) is 0 Å². The number of hydrogen-bond acceptors (Lipinski definition) is 7. The van der Waals surface area contributed by atoms with Crippen LogP contribution in [0.25, 0.3) is 32.7 Å². The Kier molecular flexibility index (Phi) is 14.3. The summed E-state index contributed by atoms with van der Waals surface area (Å²) in [5, 5.41) is 3.73. The fourth-order valence-corrected chi connectivity index (χ4v) is 7.80. The van der Waals surface area contributed by atoms with Crippen molar-refractivity contribution in [2.45, 2.75) is 92.3 Å². The molecule has 0 atom stereocenters. The fourth-order valence-electron chi connectivity index (χ4n) is 7.23. The molecule has 7 aromatic carbocycles. The number of halogens is 1. The quantitative estimate of drug-likeness (QED) is 0.0966. The minimum atomic E-state index is -0.754. The van der Waals surface area contributed by atoms with Crippen LogP contribution in [-0.4, -0.2) is 23.5 Å². The van der Waals surface area contributed by atoms with Crippen molar-refractivity contribution in [2.75, 3.05) is 0 Å². The summed E-state index contributed by atoms with van der Waals surface area (Å²) >= 11 is 2.33. The number of rotatable bonds is 5. The first-order chi connectivity index (χ1) is 29.5. The van der Waals surface area contributed by atoms with E-state index in [1.807, 2.05) is 68.4 Å². The zero-order valence-corrected chi connectivity index (χ0v) is 39.3. The second-order valence-electron chi connectivity index (χ2n) is 17.1. The number of hydrogen-bond donors (Lipinski definition) is 0. The Balaban J connectivity index is 0.000000316. The van der Waals surface area contributed by atoms with E-state index in [-0.39, 0.29) is 5.92 Å². The predicted octanol–water partition coefficient (Wildman–Crippen LogP) is 16.0. The normalized spacial score (nSPS) is 12.1. The van der Waals surface area contributed by atoms with Crippen LogP contribution in [0.4, 0.5) is 9.59 Å². The van der Waals surface area contributed by atoms with Gasteiger partial charge in [0.25, 0.3) is 0 Å². The van der Waals surface area contributed by atoms with Crippen LogP contribution in [-0.2, 0) is 9.47 Å². The van der Waals surface area contributed by atoms with E-state index in [1.54, 1.807) is 53.7 Å². The van der Waals surface area contributed by atoms with Gasteiger partial charge in [-0.25, -0.2) is 9.59 Å². The van der Waals surface area contributed by atoms with Crippen molar-refractivity contribution in [3.8, 4) is 34.1 Å². The number of ether oxygens (including phenoxy) is 5. The lowest BCUT2D eigenvalue weighted by molar-refractivity contribution is 0.0193. The predicted molar refractivity (Wildman–Crippen MR) is 259 cm³/mol. The lowest BCUT2D eigenvalue weighted by atomic mass is 9.78. The molecule has 8 heteroatoms. The summed E-state index contributed by atoms with van der Waals surface area (Å²) in [5.41, 5.74) is 5.77. The maximum Gasteiger partial charge on any atom is 0.514 e. The molecule has 1 aliphatic rings.